The highest BCUT2D eigenvalue weighted by atomic mass is 79.9. The summed E-state index contributed by atoms with van der Waals surface area (Å²) < 4.78 is 14.7. The monoisotopic (exact) mass is 347 g/mol. The molecule has 110 valence electrons. The lowest BCUT2D eigenvalue weighted by molar-refractivity contribution is 0.402. The van der Waals surface area contributed by atoms with E-state index in [4.69, 9.17) is 0 Å². The first kappa shape index (κ1) is 14.7. The molecule has 1 aliphatic heterocycles. The molecule has 21 heavy (non-hydrogen) atoms. The minimum absolute atomic E-state index is 0.158. The number of piperidine rings is 1. The summed E-state index contributed by atoms with van der Waals surface area (Å²) in [5.74, 6) is 0.574. The molecule has 0 bridgehead atoms. The molecule has 0 radical (unpaired) electrons. The van der Waals surface area contributed by atoms with Crippen molar-refractivity contribution in [1.82, 2.24) is 5.32 Å². The summed E-state index contributed by atoms with van der Waals surface area (Å²) in [6.07, 6.45) is 1.03. The molecule has 1 heterocycles. The Bertz CT molecular complexity index is 641. The first-order valence-electron chi connectivity index (χ1n) is 7.37. The number of nitrogens with one attached hydrogen (secondary N) is 1. The highest BCUT2D eigenvalue weighted by molar-refractivity contribution is 9.10. The van der Waals surface area contributed by atoms with Gasteiger partial charge in [-0.25, -0.2) is 4.39 Å². The van der Waals surface area contributed by atoms with Crippen LogP contribution in [0.4, 0.5) is 4.39 Å². The Hall–Kier alpha value is -1.19. The molecular weight excluding hydrogens is 329 g/mol. The Kier molecular flexibility index (Phi) is 4.41. The zero-order chi connectivity index (χ0) is 14.8. The highest BCUT2D eigenvalue weighted by Gasteiger charge is 2.29. The maximum absolute atomic E-state index is 13.7. The average Bonchev–Trinajstić information content (AvgIpc) is 2.50. The predicted octanol–water partition coefficient (Wildman–Crippen LogP) is 4.76. The van der Waals surface area contributed by atoms with Gasteiger partial charge in [0.1, 0.15) is 5.82 Å². The van der Waals surface area contributed by atoms with E-state index in [1.807, 2.05) is 6.07 Å². The van der Waals surface area contributed by atoms with E-state index in [0.717, 1.165) is 29.5 Å². The molecule has 2 atom stereocenters. The van der Waals surface area contributed by atoms with E-state index in [1.54, 1.807) is 6.07 Å². The molecule has 3 heteroatoms. The van der Waals surface area contributed by atoms with E-state index in [-0.39, 0.29) is 5.82 Å². The van der Waals surface area contributed by atoms with Gasteiger partial charge < -0.3 is 5.32 Å². The van der Waals surface area contributed by atoms with Crippen LogP contribution < -0.4 is 5.32 Å². The van der Waals surface area contributed by atoms with E-state index in [2.05, 4.69) is 52.4 Å². The molecule has 2 aromatic rings. The van der Waals surface area contributed by atoms with Gasteiger partial charge in [0.05, 0.1) is 0 Å². The number of hydrogen-bond acceptors (Lipinski definition) is 1. The number of rotatable bonds is 2. The van der Waals surface area contributed by atoms with Crippen LogP contribution >= 0.6 is 15.9 Å². The largest absolute Gasteiger partial charge is 0.316 e. The maximum atomic E-state index is 13.7. The summed E-state index contributed by atoms with van der Waals surface area (Å²) >= 11 is 3.59. The van der Waals surface area contributed by atoms with Crippen molar-refractivity contribution in [3.63, 3.8) is 0 Å². The van der Waals surface area contributed by atoms with Crippen molar-refractivity contribution in [3.05, 3.63) is 69.4 Å². The van der Waals surface area contributed by atoms with Crippen molar-refractivity contribution in [1.29, 1.82) is 0 Å². The fourth-order valence-electron chi connectivity index (χ4n) is 3.28. The van der Waals surface area contributed by atoms with Crippen LogP contribution in [0.15, 0.2) is 46.9 Å². The summed E-state index contributed by atoms with van der Waals surface area (Å²) in [5, 5.41) is 3.48. The van der Waals surface area contributed by atoms with Gasteiger partial charge in [0.15, 0.2) is 0 Å². The van der Waals surface area contributed by atoms with Crippen LogP contribution in [0.25, 0.3) is 0 Å². The number of hydrogen-bond donors (Lipinski definition) is 1. The topological polar surface area (TPSA) is 12.0 Å². The van der Waals surface area contributed by atoms with Gasteiger partial charge >= 0.3 is 0 Å². The molecule has 0 saturated carbocycles. The van der Waals surface area contributed by atoms with Gasteiger partial charge in [-0.1, -0.05) is 45.8 Å². The van der Waals surface area contributed by atoms with Gasteiger partial charge in [0, 0.05) is 16.9 Å². The first-order valence-corrected chi connectivity index (χ1v) is 8.16. The van der Waals surface area contributed by atoms with Gasteiger partial charge in [-0.05, 0) is 55.1 Å². The Morgan fingerprint density at radius 3 is 2.81 bits per heavy atom. The van der Waals surface area contributed by atoms with Crippen molar-refractivity contribution in [2.45, 2.75) is 25.2 Å². The molecule has 1 saturated heterocycles. The molecular formula is C18H19BrFN. The van der Waals surface area contributed by atoms with E-state index in [1.165, 1.54) is 17.2 Å². The standard InChI is InChI=1S/C18H19BrFN/c1-12-3-2-4-13(9-12)17-11-21-8-7-15(17)16-10-14(20)5-6-18(16)19/h2-6,9-10,15,17,21H,7-8,11H2,1H3. The van der Waals surface area contributed by atoms with Crippen molar-refractivity contribution in [2.24, 2.45) is 0 Å². The van der Waals surface area contributed by atoms with Crippen molar-refractivity contribution >= 4 is 15.9 Å². The fourth-order valence-corrected chi connectivity index (χ4v) is 3.82. The molecule has 3 rings (SSSR count). The van der Waals surface area contributed by atoms with Crippen LogP contribution in [0.2, 0.25) is 0 Å². The second-order valence-electron chi connectivity index (χ2n) is 5.79. The molecule has 0 aromatic heterocycles. The minimum atomic E-state index is -0.158. The summed E-state index contributed by atoms with van der Waals surface area (Å²) in [6, 6.07) is 13.7. The Labute approximate surface area is 133 Å². The summed E-state index contributed by atoms with van der Waals surface area (Å²) in [7, 11) is 0. The second kappa shape index (κ2) is 6.29. The van der Waals surface area contributed by atoms with Gasteiger partial charge in [0.2, 0.25) is 0 Å². The highest BCUT2D eigenvalue weighted by Crippen LogP contribution is 2.40. The lowest BCUT2D eigenvalue weighted by Gasteiger charge is -2.33. The van der Waals surface area contributed by atoms with E-state index in [0.29, 0.717) is 11.8 Å². The van der Waals surface area contributed by atoms with E-state index < -0.39 is 0 Å². The first-order chi connectivity index (χ1) is 10.1. The third-order valence-electron chi connectivity index (χ3n) is 4.31. The Morgan fingerprint density at radius 1 is 1.14 bits per heavy atom. The number of aryl methyl sites for hydroxylation is 1. The second-order valence-corrected chi connectivity index (χ2v) is 6.64. The smallest absolute Gasteiger partial charge is 0.123 e. The summed E-state index contributed by atoms with van der Waals surface area (Å²) in [4.78, 5) is 0. The molecule has 1 nitrogen and oxygen atoms in total. The quantitative estimate of drug-likeness (QED) is 0.825. The molecule has 1 N–H and O–H groups in total. The molecule has 1 aliphatic rings. The van der Waals surface area contributed by atoms with Crippen molar-refractivity contribution in [2.75, 3.05) is 13.1 Å². The third kappa shape index (κ3) is 3.19. The number of benzene rings is 2. The van der Waals surface area contributed by atoms with Gasteiger partial charge in [-0.2, -0.15) is 0 Å². The Morgan fingerprint density at radius 2 is 2.00 bits per heavy atom. The summed E-state index contributed by atoms with van der Waals surface area (Å²) in [5.41, 5.74) is 3.70. The molecule has 0 amide bonds. The van der Waals surface area contributed by atoms with Crippen LogP contribution in [-0.2, 0) is 0 Å². The molecule has 2 unspecified atom stereocenters. The van der Waals surface area contributed by atoms with Crippen LogP contribution in [0.3, 0.4) is 0 Å². The van der Waals surface area contributed by atoms with Crippen LogP contribution in [0, 0.1) is 12.7 Å². The maximum Gasteiger partial charge on any atom is 0.123 e. The van der Waals surface area contributed by atoms with E-state index in [9.17, 15) is 4.39 Å². The van der Waals surface area contributed by atoms with Gasteiger partial charge in [-0.3, -0.25) is 0 Å². The molecule has 0 aliphatic carbocycles. The van der Waals surface area contributed by atoms with E-state index >= 15 is 0 Å². The summed E-state index contributed by atoms with van der Waals surface area (Å²) in [6.45, 7) is 4.04. The molecule has 0 spiro atoms. The Balaban J connectivity index is 2.00. The third-order valence-corrected chi connectivity index (χ3v) is 5.03. The van der Waals surface area contributed by atoms with Crippen LogP contribution in [0.5, 0.6) is 0 Å². The lowest BCUT2D eigenvalue weighted by Crippen LogP contribution is -2.34. The number of halogens is 2. The van der Waals surface area contributed by atoms with Gasteiger partial charge in [0.25, 0.3) is 0 Å². The predicted molar refractivity (Wildman–Crippen MR) is 88.2 cm³/mol. The van der Waals surface area contributed by atoms with Crippen LogP contribution in [0.1, 0.15) is 34.9 Å². The lowest BCUT2D eigenvalue weighted by atomic mass is 9.77. The fraction of sp³-hybridized carbons (Fsp3) is 0.333. The normalized spacial score (nSPS) is 22.2. The molecule has 2 aromatic carbocycles. The van der Waals surface area contributed by atoms with Crippen molar-refractivity contribution < 1.29 is 4.39 Å². The van der Waals surface area contributed by atoms with Gasteiger partial charge in [-0.15, -0.1) is 0 Å². The molecule has 1 fully saturated rings. The van der Waals surface area contributed by atoms with Crippen LogP contribution in [-0.4, -0.2) is 13.1 Å². The minimum Gasteiger partial charge on any atom is -0.316 e. The SMILES string of the molecule is Cc1cccc(C2CNCCC2c2cc(F)ccc2Br)c1. The zero-order valence-corrected chi connectivity index (χ0v) is 13.7. The zero-order valence-electron chi connectivity index (χ0n) is 12.1. The van der Waals surface area contributed by atoms with Crippen molar-refractivity contribution in [3.8, 4) is 0 Å². The average molecular weight is 348 g/mol.